The molecule has 0 saturated heterocycles. The van der Waals surface area contributed by atoms with Crippen LogP contribution in [0.1, 0.15) is 13.8 Å². The van der Waals surface area contributed by atoms with Gasteiger partial charge in [0, 0.05) is 27.6 Å². The average Bonchev–Trinajstić information content (AvgIpc) is 3.30. The molecule has 0 amide bonds. The highest BCUT2D eigenvalue weighted by atomic mass is 16.3. The summed E-state index contributed by atoms with van der Waals surface area (Å²) in [6.45, 7) is 4.52. The summed E-state index contributed by atoms with van der Waals surface area (Å²) < 4.78 is 8.65. The fraction of sp³-hybridized carbons (Fsp3) is 0.111. The van der Waals surface area contributed by atoms with Gasteiger partial charge in [0.1, 0.15) is 11.2 Å². The molecule has 6 aromatic rings. The van der Waals surface area contributed by atoms with Crippen molar-refractivity contribution in [3.05, 3.63) is 78.9 Å². The summed E-state index contributed by atoms with van der Waals surface area (Å²) in [7, 11) is 0. The highest BCUT2D eigenvalue weighted by molar-refractivity contribution is 6.29. The van der Waals surface area contributed by atoms with Crippen molar-refractivity contribution >= 4 is 55.1 Å². The average molecular weight is 388 g/mol. The predicted molar refractivity (Wildman–Crippen MR) is 125 cm³/mol. The van der Waals surface area contributed by atoms with Gasteiger partial charge in [-0.15, -0.1) is 0 Å². The molecular weight excluding hydrogens is 368 g/mol. The van der Waals surface area contributed by atoms with Gasteiger partial charge in [-0.3, -0.25) is 0 Å². The Hall–Kier alpha value is -3.72. The van der Waals surface area contributed by atoms with Crippen LogP contribution in [-0.2, 0) is 0 Å². The fourth-order valence-corrected chi connectivity index (χ4v) is 5.34. The maximum absolute atomic E-state index is 6.21. The molecule has 7 rings (SSSR count). The standard InChI is InChI=1S/C27H20N2O/c1-16(2)28-19-10-4-5-11-20(19)29-21-14-15-24-26(17-8-3-6-13-23(17)30-24)25(21)18-9-7-12-22(28)27(18)29/h3-16H,1-2H3. The molecule has 3 nitrogen and oxygen atoms in total. The number of benzene rings is 4. The minimum absolute atomic E-state index is 0.360. The molecule has 4 aromatic carbocycles. The van der Waals surface area contributed by atoms with Crippen LogP contribution in [0.3, 0.4) is 0 Å². The Morgan fingerprint density at radius 2 is 1.37 bits per heavy atom. The quantitative estimate of drug-likeness (QED) is 0.290. The largest absolute Gasteiger partial charge is 0.456 e. The number of aromatic nitrogens is 1. The smallest absolute Gasteiger partial charge is 0.136 e. The lowest BCUT2D eigenvalue weighted by Gasteiger charge is -2.35. The first kappa shape index (κ1) is 16.1. The van der Waals surface area contributed by atoms with E-state index in [1.807, 2.05) is 6.07 Å². The lowest BCUT2D eigenvalue weighted by atomic mass is 10.0. The van der Waals surface area contributed by atoms with Crippen molar-refractivity contribution in [1.82, 2.24) is 4.57 Å². The molecule has 1 aliphatic rings. The van der Waals surface area contributed by atoms with E-state index in [9.17, 15) is 0 Å². The lowest BCUT2D eigenvalue weighted by molar-refractivity contribution is 0.669. The number of fused-ring (bicyclic) bond motifs is 9. The fourth-order valence-electron chi connectivity index (χ4n) is 5.34. The van der Waals surface area contributed by atoms with Crippen molar-refractivity contribution in [3.63, 3.8) is 0 Å². The monoisotopic (exact) mass is 388 g/mol. The molecule has 3 heteroatoms. The SMILES string of the molecule is CC(C)N1c2ccccc2-n2c3ccc4oc5ccccc5c4c3c3cccc1c32. The molecular formula is C27H20N2O. The van der Waals surface area contributed by atoms with E-state index in [4.69, 9.17) is 4.42 Å². The van der Waals surface area contributed by atoms with Crippen molar-refractivity contribution in [3.8, 4) is 5.69 Å². The van der Waals surface area contributed by atoms with Crippen molar-refractivity contribution in [2.75, 3.05) is 4.90 Å². The van der Waals surface area contributed by atoms with Crippen LogP contribution in [0.4, 0.5) is 11.4 Å². The predicted octanol–water partition coefficient (Wildman–Crippen LogP) is 7.54. The first-order valence-corrected chi connectivity index (χ1v) is 10.5. The molecule has 0 saturated carbocycles. The third-order valence-electron chi connectivity index (χ3n) is 6.43. The number of hydrogen-bond acceptors (Lipinski definition) is 2. The Morgan fingerprint density at radius 3 is 2.23 bits per heavy atom. The van der Waals surface area contributed by atoms with Crippen molar-refractivity contribution in [2.45, 2.75) is 19.9 Å². The van der Waals surface area contributed by atoms with Gasteiger partial charge in [0.15, 0.2) is 0 Å². The Bertz CT molecular complexity index is 1630. The van der Waals surface area contributed by atoms with Crippen molar-refractivity contribution in [1.29, 1.82) is 0 Å². The molecule has 0 radical (unpaired) electrons. The molecule has 0 bridgehead atoms. The number of anilines is 2. The zero-order valence-electron chi connectivity index (χ0n) is 16.9. The summed E-state index contributed by atoms with van der Waals surface area (Å²) in [6, 6.07) is 28.5. The van der Waals surface area contributed by atoms with E-state index < -0.39 is 0 Å². The minimum atomic E-state index is 0.360. The second-order valence-corrected chi connectivity index (χ2v) is 8.39. The molecule has 0 N–H and O–H groups in total. The van der Waals surface area contributed by atoms with Crippen LogP contribution in [0.25, 0.3) is 49.4 Å². The number of hydrogen-bond donors (Lipinski definition) is 0. The Kier molecular flexibility index (Phi) is 2.93. The van der Waals surface area contributed by atoms with E-state index in [0.29, 0.717) is 6.04 Å². The number of rotatable bonds is 1. The molecule has 30 heavy (non-hydrogen) atoms. The van der Waals surface area contributed by atoms with Gasteiger partial charge in [-0.05, 0) is 50.2 Å². The van der Waals surface area contributed by atoms with Gasteiger partial charge < -0.3 is 13.9 Å². The summed E-state index contributed by atoms with van der Waals surface area (Å²) in [5.74, 6) is 0. The van der Waals surface area contributed by atoms with Gasteiger partial charge in [-0.25, -0.2) is 0 Å². The van der Waals surface area contributed by atoms with Crippen LogP contribution in [0.2, 0.25) is 0 Å². The van der Waals surface area contributed by atoms with Crippen LogP contribution < -0.4 is 4.90 Å². The maximum atomic E-state index is 6.21. The number of nitrogens with zero attached hydrogens (tertiary/aromatic N) is 2. The van der Waals surface area contributed by atoms with E-state index in [-0.39, 0.29) is 0 Å². The summed E-state index contributed by atoms with van der Waals surface area (Å²) in [5.41, 5.74) is 8.14. The van der Waals surface area contributed by atoms with Crippen LogP contribution >= 0.6 is 0 Å². The molecule has 2 aromatic heterocycles. The minimum Gasteiger partial charge on any atom is -0.456 e. The van der Waals surface area contributed by atoms with E-state index in [2.05, 4.69) is 96.1 Å². The molecule has 144 valence electrons. The van der Waals surface area contributed by atoms with E-state index in [1.54, 1.807) is 0 Å². The lowest BCUT2D eigenvalue weighted by Crippen LogP contribution is -2.29. The molecule has 3 heterocycles. The van der Waals surface area contributed by atoms with Crippen LogP contribution in [0.5, 0.6) is 0 Å². The zero-order chi connectivity index (χ0) is 20.0. The molecule has 0 unspecified atom stereocenters. The van der Waals surface area contributed by atoms with Gasteiger partial charge in [-0.1, -0.05) is 42.5 Å². The number of furan rings is 1. The van der Waals surface area contributed by atoms with Gasteiger partial charge in [-0.2, -0.15) is 0 Å². The normalized spacial score (nSPS) is 13.2. The van der Waals surface area contributed by atoms with E-state index in [1.165, 1.54) is 49.6 Å². The Balaban J connectivity index is 1.79. The highest BCUT2D eigenvalue weighted by Gasteiger charge is 2.29. The summed E-state index contributed by atoms with van der Waals surface area (Å²) >= 11 is 0. The second kappa shape index (κ2) is 5.45. The van der Waals surface area contributed by atoms with E-state index >= 15 is 0 Å². The Morgan fingerprint density at radius 1 is 0.633 bits per heavy atom. The van der Waals surface area contributed by atoms with Gasteiger partial charge in [0.25, 0.3) is 0 Å². The Labute approximate surface area is 173 Å². The molecule has 1 aliphatic heterocycles. The van der Waals surface area contributed by atoms with Crippen LogP contribution in [-0.4, -0.2) is 10.6 Å². The molecule has 0 atom stereocenters. The van der Waals surface area contributed by atoms with Crippen LogP contribution in [0.15, 0.2) is 83.3 Å². The first-order chi connectivity index (χ1) is 14.7. The molecule has 0 spiro atoms. The number of para-hydroxylation sites is 4. The van der Waals surface area contributed by atoms with Gasteiger partial charge in [0.2, 0.25) is 0 Å². The van der Waals surface area contributed by atoms with Gasteiger partial charge >= 0.3 is 0 Å². The summed E-state index contributed by atoms with van der Waals surface area (Å²) in [6.07, 6.45) is 0. The van der Waals surface area contributed by atoms with E-state index in [0.717, 1.165) is 11.2 Å². The molecule has 0 fully saturated rings. The third kappa shape index (κ3) is 1.81. The zero-order valence-corrected chi connectivity index (χ0v) is 16.9. The summed E-state index contributed by atoms with van der Waals surface area (Å²) in [5, 5.41) is 4.93. The van der Waals surface area contributed by atoms with Gasteiger partial charge in [0.05, 0.1) is 28.1 Å². The first-order valence-electron chi connectivity index (χ1n) is 10.5. The van der Waals surface area contributed by atoms with Crippen molar-refractivity contribution < 1.29 is 4.42 Å². The van der Waals surface area contributed by atoms with Crippen LogP contribution in [0, 0.1) is 0 Å². The highest BCUT2D eigenvalue weighted by Crippen LogP contribution is 2.49. The second-order valence-electron chi connectivity index (χ2n) is 8.39. The topological polar surface area (TPSA) is 21.3 Å². The summed E-state index contributed by atoms with van der Waals surface area (Å²) in [4.78, 5) is 2.46. The maximum Gasteiger partial charge on any atom is 0.136 e. The van der Waals surface area contributed by atoms with Crippen molar-refractivity contribution in [2.24, 2.45) is 0 Å². The molecule has 0 aliphatic carbocycles. The third-order valence-corrected chi connectivity index (χ3v) is 6.43.